The quantitative estimate of drug-likeness (QED) is 0.184. The first-order valence-electron chi connectivity index (χ1n) is 12.5. The fraction of sp³-hybridized carbons (Fsp3) is 0.808. The van der Waals surface area contributed by atoms with Gasteiger partial charge < -0.3 is 39.7 Å². The van der Waals surface area contributed by atoms with Gasteiger partial charge in [-0.3, -0.25) is 14.4 Å². The van der Waals surface area contributed by atoms with Crippen molar-refractivity contribution in [2.75, 3.05) is 6.61 Å². The molecular weight excluding hydrogens is 488 g/mol. The summed E-state index contributed by atoms with van der Waals surface area (Å²) in [7, 11) is 0. The van der Waals surface area contributed by atoms with E-state index in [2.05, 4.69) is 0 Å². The first-order chi connectivity index (χ1) is 16.9. The highest BCUT2D eigenvalue weighted by Gasteiger charge is 2.72. The third-order valence-corrected chi connectivity index (χ3v) is 8.98. The van der Waals surface area contributed by atoms with Crippen LogP contribution < -0.4 is 0 Å². The molecule has 0 unspecified atom stereocenters. The van der Waals surface area contributed by atoms with E-state index >= 15 is 0 Å². The van der Waals surface area contributed by atoms with Crippen molar-refractivity contribution in [3.05, 3.63) is 11.1 Å². The minimum absolute atomic E-state index is 0.0925. The Kier molecular flexibility index (Phi) is 7.91. The van der Waals surface area contributed by atoms with Crippen LogP contribution in [-0.2, 0) is 28.6 Å². The molecule has 0 saturated heterocycles. The van der Waals surface area contributed by atoms with Crippen LogP contribution in [0, 0.1) is 22.7 Å². The van der Waals surface area contributed by atoms with Crippen LogP contribution in [0.1, 0.15) is 61.3 Å². The van der Waals surface area contributed by atoms with Gasteiger partial charge >= 0.3 is 17.9 Å². The maximum atomic E-state index is 12.3. The van der Waals surface area contributed by atoms with Crippen LogP contribution >= 0.6 is 0 Å². The van der Waals surface area contributed by atoms with Crippen LogP contribution in [0.15, 0.2) is 11.1 Å². The molecule has 210 valence electrons. The van der Waals surface area contributed by atoms with E-state index in [9.17, 15) is 39.9 Å². The number of fused-ring (bicyclic) bond motifs is 2. The first-order valence-corrected chi connectivity index (χ1v) is 12.5. The predicted molar refractivity (Wildman–Crippen MR) is 128 cm³/mol. The van der Waals surface area contributed by atoms with Crippen LogP contribution in [0.2, 0.25) is 0 Å². The van der Waals surface area contributed by atoms with E-state index in [0.29, 0.717) is 5.57 Å². The molecule has 0 spiro atoms. The number of hydrogen-bond acceptors (Lipinski definition) is 11. The second-order valence-electron chi connectivity index (χ2n) is 11.5. The van der Waals surface area contributed by atoms with Crippen molar-refractivity contribution in [2.45, 2.75) is 104 Å². The van der Waals surface area contributed by atoms with Gasteiger partial charge in [0.2, 0.25) is 0 Å². The zero-order chi connectivity index (χ0) is 28.2. The van der Waals surface area contributed by atoms with Gasteiger partial charge in [0, 0.05) is 45.6 Å². The zero-order valence-electron chi connectivity index (χ0n) is 22.4. The highest BCUT2D eigenvalue weighted by atomic mass is 16.6. The van der Waals surface area contributed by atoms with Gasteiger partial charge in [-0.2, -0.15) is 0 Å². The summed E-state index contributed by atoms with van der Waals surface area (Å²) in [5, 5.41) is 57.1. The fourth-order valence-corrected chi connectivity index (χ4v) is 7.44. The lowest BCUT2D eigenvalue weighted by atomic mass is 9.52. The van der Waals surface area contributed by atoms with Crippen LogP contribution in [0.25, 0.3) is 0 Å². The zero-order valence-corrected chi connectivity index (χ0v) is 22.4. The smallest absolute Gasteiger partial charge is 0.303 e. The molecule has 0 aromatic rings. The average Bonchev–Trinajstić information content (AvgIpc) is 3.00. The number of carbonyl (C=O) groups is 3. The molecule has 0 amide bonds. The molecule has 37 heavy (non-hydrogen) atoms. The molecule has 3 aliphatic rings. The molecule has 3 rings (SSSR count). The highest BCUT2D eigenvalue weighted by molar-refractivity contribution is 5.68. The molecule has 10 atom stereocenters. The molecule has 0 heterocycles. The van der Waals surface area contributed by atoms with Crippen molar-refractivity contribution in [3.63, 3.8) is 0 Å². The minimum Gasteiger partial charge on any atom is -0.462 e. The van der Waals surface area contributed by atoms with E-state index in [-0.39, 0.29) is 18.4 Å². The minimum atomic E-state index is -1.72. The van der Waals surface area contributed by atoms with Crippen molar-refractivity contribution >= 4 is 17.9 Å². The molecule has 5 N–H and O–H groups in total. The normalized spacial score (nSPS) is 41.8. The standard InChI is InChI=1S/C26H40O11/c1-11-16(31)9-26(24(5,6)34)19(11)21(32)23(37-14(4)30)25(7)18(36-13(3)29)8-17(35-12(2)28)15(10-27)20(25)22(26)33/h15-18,20-23,27,31-34H,8-10H2,1-7H3/t15-,16+,17+,18+,20+,21-,22+,23+,25-,26+/m1/s1. The van der Waals surface area contributed by atoms with E-state index in [4.69, 9.17) is 14.2 Å². The Balaban J connectivity index is 2.43. The summed E-state index contributed by atoms with van der Waals surface area (Å²) in [4.78, 5) is 36.5. The molecule has 0 aliphatic heterocycles. The maximum absolute atomic E-state index is 12.3. The summed E-state index contributed by atoms with van der Waals surface area (Å²) in [6.45, 7) is 8.99. The number of ether oxygens (including phenoxy) is 3. The molecule has 2 fully saturated rings. The first kappa shape index (κ1) is 29.5. The van der Waals surface area contributed by atoms with Crippen LogP contribution in [0.5, 0.6) is 0 Å². The summed E-state index contributed by atoms with van der Waals surface area (Å²) >= 11 is 0. The van der Waals surface area contributed by atoms with E-state index < -0.39 is 89.4 Å². The Morgan fingerprint density at radius 3 is 2.00 bits per heavy atom. The lowest BCUT2D eigenvalue weighted by Gasteiger charge is -2.57. The lowest BCUT2D eigenvalue weighted by Crippen LogP contribution is -2.66. The van der Waals surface area contributed by atoms with E-state index in [1.54, 1.807) is 13.8 Å². The molecule has 0 bridgehead atoms. The summed E-state index contributed by atoms with van der Waals surface area (Å²) in [5.41, 5.74) is -4.44. The SMILES string of the molecule is CC(=O)O[C@H]1C[C@H](OC(C)=O)[C@]2(C)[C@@H]([C@@H]1CO)[C@H](O)[C@]1(C(C)(C)O)C[C@H](O)C(C)=C1[C@@H](O)[C@@H]2OC(C)=O. The van der Waals surface area contributed by atoms with Crippen molar-refractivity contribution in [1.82, 2.24) is 0 Å². The molecule has 0 aromatic carbocycles. The molecule has 0 aromatic heterocycles. The molecule has 11 nitrogen and oxygen atoms in total. The van der Waals surface area contributed by atoms with Crippen LogP contribution in [-0.4, -0.2) is 92.3 Å². The van der Waals surface area contributed by atoms with Gasteiger partial charge in [-0.05, 0) is 38.3 Å². The number of rotatable bonds is 5. The van der Waals surface area contributed by atoms with Gasteiger partial charge in [0.1, 0.15) is 24.4 Å². The van der Waals surface area contributed by atoms with Crippen molar-refractivity contribution in [1.29, 1.82) is 0 Å². The van der Waals surface area contributed by atoms with Crippen molar-refractivity contribution < 1.29 is 54.1 Å². The van der Waals surface area contributed by atoms with Gasteiger partial charge in [0.25, 0.3) is 0 Å². The lowest BCUT2D eigenvalue weighted by molar-refractivity contribution is -0.242. The number of aliphatic hydroxyl groups excluding tert-OH is 4. The summed E-state index contributed by atoms with van der Waals surface area (Å²) in [6, 6.07) is 0. The monoisotopic (exact) mass is 528 g/mol. The van der Waals surface area contributed by atoms with Crippen molar-refractivity contribution in [2.24, 2.45) is 22.7 Å². The predicted octanol–water partition coefficient (Wildman–Crippen LogP) is -0.01000. The van der Waals surface area contributed by atoms with Gasteiger partial charge in [-0.1, -0.05) is 6.92 Å². The Labute approximate surface area is 216 Å². The Morgan fingerprint density at radius 1 is 1.00 bits per heavy atom. The molecule has 2 saturated carbocycles. The van der Waals surface area contributed by atoms with Crippen molar-refractivity contribution in [3.8, 4) is 0 Å². The van der Waals surface area contributed by atoms with Gasteiger partial charge in [0.05, 0.1) is 28.6 Å². The second-order valence-corrected chi connectivity index (χ2v) is 11.5. The Bertz CT molecular complexity index is 968. The van der Waals surface area contributed by atoms with Gasteiger partial charge in [0.15, 0.2) is 0 Å². The van der Waals surface area contributed by atoms with Crippen LogP contribution in [0.4, 0.5) is 0 Å². The summed E-state index contributed by atoms with van der Waals surface area (Å²) in [5.74, 6) is -4.20. The number of carbonyl (C=O) groups excluding carboxylic acids is 3. The van der Waals surface area contributed by atoms with E-state index in [0.717, 1.165) is 6.92 Å². The Morgan fingerprint density at radius 2 is 1.54 bits per heavy atom. The topological polar surface area (TPSA) is 180 Å². The van der Waals surface area contributed by atoms with E-state index in [1.807, 2.05) is 0 Å². The average molecular weight is 529 g/mol. The van der Waals surface area contributed by atoms with Crippen LogP contribution in [0.3, 0.4) is 0 Å². The molecular formula is C26H40O11. The largest absolute Gasteiger partial charge is 0.462 e. The molecule has 11 heteroatoms. The van der Waals surface area contributed by atoms with Gasteiger partial charge in [-0.25, -0.2) is 0 Å². The maximum Gasteiger partial charge on any atom is 0.303 e. The second kappa shape index (κ2) is 9.92. The molecule has 0 radical (unpaired) electrons. The molecule has 3 aliphatic carbocycles. The highest BCUT2D eigenvalue weighted by Crippen LogP contribution is 2.65. The Hall–Kier alpha value is -2.05. The summed E-state index contributed by atoms with van der Waals surface area (Å²) in [6.07, 6.45) is -8.11. The fourth-order valence-electron chi connectivity index (χ4n) is 7.44. The number of esters is 3. The number of aliphatic hydroxyl groups is 5. The number of hydrogen-bond donors (Lipinski definition) is 5. The third-order valence-electron chi connectivity index (χ3n) is 8.98. The third kappa shape index (κ3) is 4.48. The van der Waals surface area contributed by atoms with E-state index in [1.165, 1.54) is 27.7 Å². The van der Waals surface area contributed by atoms with Gasteiger partial charge in [-0.15, -0.1) is 0 Å². The summed E-state index contributed by atoms with van der Waals surface area (Å²) < 4.78 is 16.9.